The number of benzene rings is 3. The minimum Gasteiger partial charge on any atom is -0.378 e. The van der Waals surface area contributed by atoms with E-state index in [2.05, 4.69) is 0 Å². The molecule has 12 heteroatoms. The van der Waals surface area contributed by atoms with Crippen molar-refractivity contribution in [1.82, 2.24) is 4.90 Å². The molecule has 0 radical (unpaired) electrons. The van der Waals surface area contributed by atoms with Gasteiger partial charge in [-0.2, -0.15) is 8.42 Å². The normalized spacial score (nSPS) is 15.0. The van der Waals surface area contributed by atoms with Gasteiger partial charge in [-0.25, -0.2) is 0 Å². The first-order valence-electron chi connectivity index (χ1n) is 9.92. The van der Waals surface area contributed by atoms with Crippen LogP contribution in [0.15, 0.2) is 82.6 Å². The summed E-state index contributed by atoms with van der Waals surface area (Å²) >= 11 is 6.46. The Bertz CT molecular complexity index is 1470. The van der Waals surface area contributed by atoms with E-state index < -0.39 is 26.2 Å². The standard InChI is InChI=1S/C23H15ClN2O7S2/c24-17-9-11-18(12-10-17)35(31,32)33-20-8-4-2-5-15(20)13-21-22(27)25(23(28)34-21)14-16-6-1-3-7-19(16)26(29)30/h1-13H,14H2/b21-13-. The van der Waals surface area contributed by atoms with Crippen LogP contribution in [-0.2, 0) is 21.5 Å². The highest BCUT2D eigenvalue weighted by Gasteiger charge is 2.36. The van der Waals surface area contributed by atoms with Gasteiger partial charge >= 0.3 is 10.1 Å². The third-order valence-electron chi connectivity index (χ3n) is 4.90. The summed E-state index contributed by atoms with van der Waals surface area (Å²) in [5.74, 6) is -0.707. The number of carbonyl (C=O) groups excluding carboxylic acids is 2. The molecule has 2 amide bonds. The third-order valence-corrected chi connectivity index (χ3v) is 7.31. The minimum absolute atomic E-state index is 0.0218. The van der Waals surface area contributed by atoms with Gasteiger partial charge in [-0.05, 0) is 48.2 Å². The van der Waals surface area contributed by atoms with Crippen molar-refractivity contribution in [2.75, 3.05) is 0 Å². The van der Waals surface area contributed by atoms with Crippen LogP contribution in [0.1, 0.15) is 11.1 Å². The molecule has 0 aliphatic carbocycles. The first-order chi connectivity index (χ1) is 16.7. The summed E-state index contributed by atoms with van der Waals surface area (Å²) in [5, 5.41) is 11.0. The topological polar surface area (TPSA) is 124 Å². The van der Waals surface area contributed by atoms with E-state index in [0.29, 0.717) is 16.8 Å². The molecule has 4 rings (SSSR count). The van der Waals surface area contributed by atoms with Gasteiger partial charge in [0.2, 0.25) is 0 Å². The molecule has 0 N–H and O–H groups in total. The molecule has 0 unspecified atom stereocenters. The van der Waals surface area contributed by atoms with Gasteiger partial charge in [-0.3, -0.25) is 24.6 Å². The molecule has 35 heavy (non-hydrogen) atoms. The smallest absolute Gasteiger partial charge is 0.339 e. The third kappa shape index (κ3) is 5.37. The number of carbonyl (C=O) groups is 2. The number of hydrogen-bond donors (Lipinski definition) is 0. The van der Waals surface area contributed by atoms with E-state index in [0.717, 1.165) is 4.90 Å². The summed E-state index contributed by atoms with van der Waals surface area (Å²) in [5.41, 5.74) is 0.252. The van der Waals surface area contributed by atoms with Crippen LogP contribution in [0.4, 0.5) is 10.5 Å². The van der Waals surface area contributed by atoms with Gasteiger partial charge in [0.25, 0.3) is 16.8 Å². The zero-order valence-corrected chi connectivity index (χ0v) is 20.0. The van der Waals surface area contributed by atoms with E-state index in [4.69, 9.17) is 15.8 Å². The van der Waals surface area contributed by atoms with Gasteiger partial charge in [0.15, 0.2) is 0 Å². The fourth-order valence-corrected chi connectivity index (χ4v) is 5.12. The number of imide groups is 1. The van der Waals surface area contributed by atoms with E-state index in [1.807, 2.05) is 0 Å². The van der Waals surface area contributed by atoms with Gasteiger partial charge in [0, 0.05) is 22.2 Å². The first kappa shape index (κ1) is 24.5. The molecule has 1 aliphatic rings. The lowest BCUT2D eigenvalue weighted by atomic mass is 10.1. The summed E-state index contributed by atoms with van der Waals surface area (Å²) in [7, 11) is -4.20. The summed E-state index contributed by atoms with van der Waals surface area (Å²) in [6, 6.07) is 17.4. The lowest BCUT2D eigenvalue weighted by molar-refractivity contribution is -0.385. The van der Waals surface area contributed by atoms with Crippen LogP contribution < -0.4 is 4.18 Å². The lowest BCUT2D eigenvalue weighted by Gasteiger charge is -2.12. The molecule has 0 saturated carbocycles. The molecular weight excluding hydrogens is 516 g/mol. The predicted molar refractivity (Wildman–Crippen MR) is 130 cm³/mol. The summed E-state index contributed by atoms with van der Waals surface area (Å²) < 4.78 is 30.7. The van der Waals surface area contributed by atoms with Crippen LogP contribution >= 0.6 is 23.4 Å². The largest absolute Gasteiger partial charge is 0.378 e. The second-order valence-electron chi connectivity index (χ2n) is 7.18. The summed E-state index contributed by atoms with van der Waals surface area (Å²) in [6.07, 6.45) is 1.34. The zero-order valence-electron chi connectivity index (χ0n) is 17.7. The van der Waals surface area contributed by atoms with Crippen molar-refractivity contribution in [2.45, 2.75) is 11.4 Å². The van der Waals surface area contributed by atoms with Crippen molar-refractivity contribution >= 4 is 56.4 Å². The molecule has 0 aromatic heterocycles. The molecule has 9 nitrogen and oxygen atoms in total. The minimum atomic E-state index is -4.20. The number of thioether (sulfide) groups is 1. The molecule has 178 valence electrons. The van der Waals surface area contributed by atoms with Gasteiger partial charge in [-0.1, -0.05) is 48.0 Å². The number of nitrogens with zero attached hydrogens (tertiary/aromatic N) is 2. The van der Waals surface area contributed by atoms with Crippen LogP contribution in [-0.4, -0.2) is 29.4 Å². The van der Waals surface area contributed by atoms with Crippen LogP contribution in [0.5, 0.6) is 5.75 Å². The maximum Gasteiger partial charge on any atom is 0.339 e. The molecule has 0 spiro atoms. The number of halogens is 1. The van der Waals surface area contributed by atoms with Gasteiger partial charge < -0.3 is 4.18 Å². The van der Waals surface area contributed by atoms with E-state index in [-0.39, 0.29) is 38.9 Å². The molecule has 1 fully saturated rings. The summed E-state index contributed by atoms with van der Waals surface area (Å²) in [6.45, 7) is -0.276. The monoisotopic (exact) mass is 530 g/mol. The number of hydrogen-bond acceptors (Lipinski definition) is 8. The number of nitro benzene ring substituents is 1. The average molecular weight is 531 g/mol. The lowest BCUT2D eigenvalue weighted by Crippen LogP contribution is -2.27. The first-order valence-corrected chi connectivity index (χ1v) is 12.5. The van der Waals surface area contributed by atoms with Crippen LogP contribution in [0.2, 0.25) is 5.02 Å². The maximum atomic E-state index is 12.9. The van der Waals surface area contributed by atoms with Crippen LogP contribution in [0.25, 0.3) is 6.08 Å². The molecule has 3 aromatic carbocycles. The van der Waals surface area contributed by atoms with Crippen molar-refractivity contribution in [1.29, 1.82) is 0 Å². The molecule has 1 aliphatic heterocycles. The second-order valence-corrected chi connectivity index (χ2v) is 10.2. The number of para-hydroxylation sites is 2. The fourth-order valence-electron chi connectivity index (χ4n) is 3.21. The Kier molecular flexibility index (Phi) is 6.92. The SMILES string of the molecule is O=C1S/C(=C\c2ccccc2OS(=O)(=O)c2ccc(Cl)cc2)C(=O)N1Cc1ccccc1[N+](=O)[O-]. The molecule has 3 aromatic rings. The highest BCUT2D eigenvalue weighted by molar-refractivity contribution is 8.18. The Morgan fingerprint density at radius 2 is 1.66 bits per heavy atom. The maximum absolute atomic E-state index is 12.9. The average Bonchev–Trinajstić information content (AvgIpc) is 3.08. The Morgan fingerprint density at radius 3 is 2.37 bits per heavy atom. The van der Waals surface area contributed by atoms with Crippen molar-refractivity contribution in [3.05, 3.63) is 104 Å². The van der Waals surface area contributed by atoms with Crippen molar-refractivity contribution in [2.24, 2.45) is 0 Å². The molecule has 1 saturated heterocycles. The van der Waals surface area contributed by atoms with Crippen LogP contribution in [0.3, 0.4) is 0 Å². The highest BCUT2D eigenvalue weighted by Crippen LogP contribution is 2.36. The van der Waals surface area contributed by atoms with Gasteiger partial charge in [-0.15, -0.1) is 0 Å². The Balaban J connectivity index is 1.60. The van der Waals surface area contributed by atoms with E-state index in [9.17, 15) is 28.1 Å². The predicted octanol–water partition coefficient (Wildman–Crippen LogP) is 5.25. The molecule has 1 heterocycles. The van der Waals surface area contributed by atoms with E-state index in [1.54, 1.807) is 18.2 Å². The Morgan fingerprint density at radius 1 is 1.00 bits per heavy atom. The molecule has 0 bridgehead atoms. The number of rotatable bonds is 7. The van der Waals surface area contributed by atoms with E-state index in [1.165, 1.54) is 60.7 Å². The second kappa shape index (κ2) is 9.90. The van der Waals surface area contributed by atoms with E-state index >= 15 is 0 Å². The fraction of sp³-hybridized carbons (Fsp3) is 0.0435. The van der Waals surface area contributed by atoms with Gasteiger partial charge in [0.05, 0.1) is 16.4 Å². The van der Waals surface area contributed by atoms with Crippen molar-refractivity contribution < 1.29 is 27.1 Å². The highest BCUT2D eigenvalue weighted by atomic mass is 35.5. The zero-order chi connectivity index (χ0) is 25.2. The van der Waals surface area contributed by atoms with Gasteiger partial charge in [0.1, 0.15) is 10.6 Å². The van der Waals surface area contributed by atoms with Crippen LogP contribution in [0, 0.1) is 10.1 Å². The van der Waals surface area contributed by atoms with Crippen molar-refractivity contribution in [3.8, 4) is 5.75 Å². The number of nitro groups is 1. The molecule has 0 atom stereocenters. The quantitative estimate of drug-likeness (QED) is 0.175. The molecular formula is C23H15ClN2O7S2. The Hall–Kier alpha value is -3.67. The summed E-state index contributed by atoms with van der Waals surface area (Å²) in [4.78, 5) is 36.9. The number of amides is 2. The van der Waals surface area contributed by atoms with Crippen molar-refractivity contribution in [3.63, 3.8) is 0 Å². The Labute approximate surface area is 209 Å².